The lowest BCUT2D eigenvalue weighted by Crippen LogP contribution is -2.49. The van der Waals surface area contributed by atoms with Crippen LogP contribution in [0.5, 0.6) is 0 Å². The Morgan fingerprint density at radius 2 is 1.84 bits per heavy atom. The zero-order valence-corrected chi connectivity index (χ0v) is 16.9. The van der Waals surface area contributed by atoms with Crippen LogP contribution in [0.25, 0.3) is 11.4 Å². The number of anilines is 1. The summed E-state index contributed by atoms with van der Waals surface area (Å²) in [4.78, 5) is 28.2. The van der Waals surface area contributed by atoms with E-state index in [2.05, 4.69) is 15.4 Å². The zero-order valence-electron chi connectivity index (χ0n) is 16.2. The normalized spacial score (nSPS) is 14.0. The predicted octanol–water partition coefficient (Wildman–Crippen LogP) is 2.39. The number of nitro groups is 1. The Morgan fingerprint density at radius 3 is 2.52 bits per heavy atom. The molecule has 0 aliphatic carbocycles. The molecule has 1 aliphatic rings. The summed E-state index contributed by atoms with van der Waals surface area (Å²) in [5, 5.41) is 23.6. The number of nitro benzene ring substituents is 1. The number of carbonyl (C=O) groups excluding carboxylic acids is 1. The molecule has 0 unspecified atom stereocenters. The van der Waals surface area contributed by atoms with Crippen LogP contribution in [0, 0.1) is 15.9 Å². The van der Waals surface area contributed by atoms with E-state index in [0.29, 0.717) is 48.3 Å². The summed E-state index contributed by atoms with van der Waals surface area (Å²) >= 11 is 5.88. The van der Waals surface area contributed by atoms with Crippen LogP contribution in [0.2, 0.25) is 5.02 Å². The van der Waals surface area contributed by atoms with E-state index in [4.69, 9.17) is 11.6 Å². The number of hydrogen-bond donors (Lipinski definition) is 0. The predicted molar refractivity (Wildman–Crippen MR) is 110 cm³/mol. The Bertz CT molecular complexity index is 1110. The maximum absolute atomic E-state index is 13.0. The highest BCUT2D eigenvalue weighted by molar-refractivity contribution is 6.30. The fraction of sp³-hybridized carbons (Fsp3) is 0.263. The zero-order chi connectivity index (χ0) is 22.0. The Balaban J connectivity index is 1.37. The van der Waals surface area contributed by atoms with Gasteiger partial charge in [0.1, 0.15) is 18.0 Å². The highest BCUT2D eigenvalue weighted by Gasteiger charge is 2.26. The van der Waals surface area contributed by atoms with Crippen molar-refractivity contribution in [2.45, 2.75) is 6.54 Å². The molecule has 2 aromatic carbocycles. The first-order valence-electron chi connectivity index (χ1n) is 9.41. The summed E-state index contributed by atoms with van der Waals surface area (Å²) in [5.74, 6) is -0.254. The average Bonchev–Trinajstić information content (AvgIpc) is 3.22. The van der Waals surface area contributed by atoms with Crippen molar-refractivity contribution in [2.75, 3.05) is 31.1 Å². The van der Waals surface area contributed by atoms with Crippen LogP contribution in [-0.2, 0) is 11.3 Å². The van der Waals surface area contributed by atoms with E-state index in [1.54, 1.807) is 17.0 Å². The standard InChI is InChI=1S/C19H17ClFN7O3/c20-14-3-6-16(17(11-14)28(30)31)25-7-9-26(10-8-25)18(29)12-27-23-19(22-24-27)13-1-4-15(21)5-2-13/h1-6,11H,7-10,12H2. The van der Waals surface area contributed by atoms with E-state index < -0.39 is 4.92 Å². The molecule has 0 saturated carbocycles. The Hall–Kier alpha value is -3.60. The molecule has 4 rings (SSSR count). The van der Waals surface area contributed by atoms with Gasteiger partial charge in [0.2, 0.25) is 11.7 Å². The molecule has 31 heavy (non-hydrogen) atoms. The molecule has 0 atom stereocenters. The number of hydrogen-bond acceptors (Lipinski definition) is 7. The van der Waals surface area contributed by atoms with Crippen LogP contribution in [0.4, 0.5) is 15.8 Å². The molecular weight excluding hydrogens is 429 g/mol. The fourth-order valence-electron chi connectivity index (χ4n) is 3.35. The third-order valence-corrected chi connectivity index (χ3v) is 5.17. The lowest BCUT2D eigenvalue weighted by Gasteiger charge is -2.35. The van der Waals surface area contributed by atoms with Crippen molar-refractivity contribution in [3.63, 3.8) is 0 Å². The van der Waals surface area contributed by atoms with Gasteiger partial charge in [-0.1, -0.05) is 11.6 Å². The monoisotopic (exact) mass is 445 g/mol. The van der Waals surface area contributed by atoms with Crippen molar-refractivity contribution in [3.05, 3.63) is 63.4 Å². The molecule has 2 heterocycles. The molecule has 0 N–H and O–H groups in total. The topological polar surface area (TPSA) is 110 Å². The van der Waals surface area contributed by atoms with Gasteiger partial charge in [0.15, 0.2) is 0 Å². The summed E-state index contributed by atoms with van der Waals surface area (Å²) in [6.07, 6.45) is 0. The summed E-state index contributed by atoms with van der Waals surface area (Å²) in [6, 6.07) is 10.2. The maximum Gasteiger partial charge on any atom is 0.294 e. The second-order valence-electron chi connectivity index (χ2n) is 6.91. The molecule has 0 bridgehead atoms. The first kappa shape index (κ1) is 20.7. The van der Waals surface area contributed by atoms with Crippen LogP contribution in [-0.4, -0.2) is 62.1 Å². The summed E-state index contributed by atoms with van der Waals surface area (Å²) in [7, 11) is 0. The molecule has 10 nitrogen and oxygen atoms in total. The van der Waals surface area contributed by atoms with Gasteiger partial charge in [-0.2, -0.15) is 4.80 Å². The number of carbonyl (C=O) groups is 1. The van der Waals surface area contributed by atoms with Crippen molar-refractivity contribution < 1.29 is 14.1 Å². The molecule has 0 spiro atoms. The molecular formula is C19H17ClFN7O3. The number of piperazine rings is 1. The minimum absolute atomic E-state index is 0.0626. The third-order valence-electron chi connectivity index (χ3n) is 4.94. The molecule has 1 aromatic heterocycles. The van der Waals surface area contributed by atoms with E-state index in [-0.39, 0.29) is 24.0 Å². The molecule has 3 aromatic rings. The smallest absolute Gasteiger partial charge is 0.294 e. The van der Waals surface area contributed by atoms with E-state index in [0.717, 1.165) is 0 Å². The number of amides is 1. The van der Waals surface area contributed by atoms with Gasteiger partial charge in [-0.25, -0.2) is 4.39 Å². The number of benzene rings is 2. The quantitative estimate of drug-likeness (QED) is 0.438. The van der Waals surface area contributed by atoms with Crippen molar-refractivity contribution in [2.24, 2.45) is 0 Å². The van der Waals surface area contributed by atoms with E-state index in [9.17, 15) is 19.3 Å². The Labute approximate surface area is 181 Å². The van der Waals surface area contributed by atoms with Crippen molar-refractivity contribution >= 4 is 28.9 Å². The summed E-state index contributed by atoms with van der Waals surface area (Å²) < 4.78 is 13.0. The van der Waals surface area contributed by atoms with Crippen LogP contribution in [0.3, 0.4) is 0 Å². The lowest BCUT2D eigenvalue weighted by molar-refractivity contribution is -0.384. The highest BCUT2D eigenvalue weighted by atomic mass is 35.5. The summed E-state index contributed by atoms with van der Waals surface area (Å²) in [5.41, 5.74) is 1.01. The van der Waals surface area contributed by atoms with Gasteiger partial charge in [0, 0.05) is 42.8 Å². The van der Waals surface area contributed by atoms with Gasteiger partial charge >= 0.3 is 0 Å². The minimum atomic E-state index is -0.464. The van der Waals surface area contributed by atoms with Crippen LogP contribution in [0.15, 0.2) is 42.5 Å². The molecule has 0 radical (unpaired) electrons. The van der Waals surface area contributed by atoms with Gasteiger partial charge < -0.3 is 9.80 Å². The molecule has 1 fully saturated rings. The van der Waals surface area contributed by atoms with Crippen molar-refractivity contribution in [3.8, 4) is 11.4 Å². The van der Waals surface area contributed by atoms with Gasteiger partial charge in [-0.3, -0.25) is 14.9 Å². The Morgan fingerprint density at radius 1 is 1.13 bits per heavy atom. The lowest BCUT2D eigenvalue weighted by atomic mass is 10.2. The van der Waals surface area contributed by atoms with Gasteiger partial charge in [0.25, 0.3) is 5.69 Å². The van der Waals surface area contributed by atoms with E-state index >= 15 is 0 Å². The second-order valence-corrected chi connectivity index (χ2v) is 7.34. The largest absolute Gasteiger partial charge is 0.362 e. The molecule has 160 valence electrons. The molecule has 12 heteroatoms. The summed E-state index contributed by atoms with van der Waals surface area (Å²) in [6.45, 7) is 1.60. The van der Waals surface area contributed by atoms with E-state index in [1.807, 2.05) is 4.90 Å². The number of aromatic nitrogens is 4. The van der Waals surface area contributed by atoms with Gasteiger partial charge in [-0.15, -0.1) is 10.2 Å². The molecule has 1 saturated heterocycles. The third kappa shape index (κ3) is 4.61. The van der Waals surface area contributed by atoms with E-state index in [1.165, 1.54) is 35.1 Å². The van der Waals surface area contributed by atoms with Crippen molar-refractivity contribution in [1.82, 2.24) is 25.1 Å². The van der Waals surface area contributed by atoms with Crippen LogP contribution in [0.1, 0.15) is 0 Å². The first-order valence-corrected chi connectivity index (χ1v) is 9.79. The minimum Gasteiger partial charge on any atom is -0.362 e. The number of tetrazole rings is 1. The SMILES string of the molecule is O=C(Cn1nnc(-c2ccc(F)cc2)n1)N1CCN(c2ccc(Cl)cc2[N+](=O)[O-])CC1. The molecule has 1 aliphatic heterocycles. The fourth-order valence-corrected chi connectivity index (χ4v) is 3.52. The van der Waals surface area contributed by atoms with Gasteiger partial charge in [-0.05, 0) is 41.6 Å². The maximum atomic E-state index is 13.0. The Kier molecular flexibility index (Phi) is 5.76. The number of rotatable bonds is 5. The van der Waals surface area contributed by atoms with Gasteiger partial charge in [0.05, 0.1) is 4.92 Å². The average molecular weight is 446 g/mol. The number of halogens is 2. The van der Waals surface area contributed by atoms with Crippen molar-refractivity contribution in [1.29, 1.82) is 0 Å². The van der Waals surface area contributed by atoms with Crippen LogP contribution >= 0.6 is 11.6 Å². The highest BCUT2D eigenvalue weighted by Crippen LogP contribution is 2.31. The molecule has 1 amide bonds. The first-order chi connectivity index (χ1) is 14.9. The second kappa shape index (κ2) is 8.64. The van der Waals surface area contributed by atoms with Crippen LogP contribution < -0.4 is 4.90 Å². The number of nitrogens with zero attached hydrogens (tertiary/aromatic N) is 7.